The Labute approximate surface area is 357 Å². The number of carbonyl (C=O) groups is 4. The highest BCUT2D eigenvalue weighted by molar-refractivity contribution is 6.23. The van der Waals surface area contributed by atoms with Gasteiger partial charge in [-0.25, -0.2) is 4.98 Å². The van der Waals surface area contributed by atoms with Crippen LogP contribution in [0.2, 0.25) is 0 Å². The first-order valence-corrected chi connectivity index (χ1v) is 20.8. The van der Waals surface area contributed by atoms with Gasteiger partial charge in [-0.05, 0) is 66.6 Å². The molecule has 6 aromatic rings. The van der Waals surface area contributed by atoms with E-state index in [0.29, 0.717) is 31.0 Å². The summed E-state index contributed by atoms with van der Waals surface area (Å²) in [6.07, 6.45) is 6.75. The Morgan fingerprint density at radius 2 is 1.68 bits per heavy atom. The van der Waals surface area contributed by atoms with Gasteiger partial charge in [0, 0.05) is 117 Å². The molecule has 14 nitrogen and oxygen atoms in total. The number of imide groups is 2. The van der Waals surface area contributed by atoms with E-state index in [1.54, 1.807) is 6.07 Å². The fourth-order valence-electron chi connectivity index (χ4n) is 9.18. The number of rotatable bonds is 9. The molecule has 2 saturated heterocycles. The minimum Gasteiger partial charge on any atom is -0.481 e. The van der Waals surface area contributed by atoms with Gasteiger partial charge in [0.25, 0.3) is 11.8 Å². The van der Waals surface area contributed by atoms with E-state index in [1.807, 2.05) is 48.9 Å². The van der Waals surface area contributed by atoms with Crippen LogP contribution in [0.25, 0.3) is 32.9 Å². The van der Waals surface area contributed by atoms with Gasteiger partial charge in [-0.3, -0.25) is 39.3 Å². The second kappa shape index (κ2) is 15.7. The van der Waals surface area contributed by atoms with Crippen LogP contribution in [0, 0.1) is 11.8 Å². The van der Waals surface area contributed by atoms with Crippen LogP contribution in [0.1, 0.15) is 52.0 Å². The number of carbonyl (C=O) groups excluding carboxylic acids is 4. The number of fused-ring (bicyclic) bond motifs is 4. The van der Waals surface area contributed by atoms with Gasteiger partial charge in [-0.1, -0.05) is 30.0 Å². The molecule has 62 heavy (non-hydrogen) atoms. The summed E-state index contributed by atoms with van der Waals surface area (Å²) >= 11 is 0. The average Bonchev–Trinajstić information content (AvgIpc) is 3.70. The Hall–Kier alpha value is -7.08. The summed E-state index contributed by atoms with van der Waals surface area (Å²) in [5.74, 6) is 4.89. The third-order valence-corrected chi connectivity index (χ3v) is 12.4. The van der Waals surface area contributed by atoms with E-state index in [9.17, 15) is 24.3 Å². The summed E-state index contributed by atoms with van der Waals surface area (Å²) in [6, 6.07) is 24.0. The average molecular weight is 830 g/mol. The molecule has 1 atom stereocenters. The molecule has 10 rings (SSSR count). The molecule has 4 amide bonds. The van der Waals surface area contributed by atoms with Crippen LogP contribution in [0.3, 0.4) is 0 Å². The van der Waals surface area contributed by atoms with E-state index in [-0.39, 0.29) is 36.7 Å². The lowest BCUT2D eigenvalue weighted by molar-refractivity contribution is -0.136. The SMILES string of the molecule is Cn1c2ccncc2c2ccc(-c3ccc(O[C@H]4C[C@](O)(CN5CCN(c6cccc(C#CCOc7ccc8c(c7)C(=O)N(C7CCC(=O)NC7=O)C8=O)c6)CC5)C4)nc3)cc21. The molecule has 1 aliphatic carbocycles. The standard InChI is InChI=1S/C48H43N7O7/c1-52-40-15-16-49-28-39(40)36-10-7-31(23-42(36)52)32-8-14-44(50-27-32)62-35-25-48(60,26-35)29-53-17-19-54(20-18-53)33-6-2-4-30(22-33)5-3-21-61-34-9-11-37-38(24-34)47(59)55(46(37)58)41-12-13-43(56)51-45(41)57/h2,4,6-11,14-16,22-24,27-28,35,41,60H,12-13,17-21,25-26,29H2,1H3,(H,51,56,57)/t35-,41?,48+. The van der Waals surface area contributed by atoms with Crippen molar-refractivity contribution in [2.24, 2.45) is 7.05 Å². The predicted octanol–water partition coefficient (Wildman–Crippen LogP) is 4.71. The summed E-state index contributed by atoms with van der Waals surface area (Å²) < 4.78 is 14.2. The predicted molar refractivity (Wildman–Crippen MR) is 231 cm³/mol. The number of hydrogen-bond donors (Lipinski definition) is 2. The Morgan fingerprint density at radius 1 is 0.855 bits per heavy atom. The Kier molecular flexibility index (Phi) is 9.93. The number of aliphatic hydroxyl groups is 1. The molecule has 14 heteroatoms. The Bertz CT molecular complexity index is 2850. The molecule has 3 aliphatic heterocycles. The van der Waals surface area contributed by atoms with Gasteiger partial charge in [-0.15, -0.1) is 0 Å². The maximum absolute atomic E-state index is 13.1. The van der Waals surface area contributed by atoms with Gasteiger partial charge in [0.1, 0.15) is 24.5 Å². The Balaban J connectivity index is 0.678. The van der Waals surface area contributed by atoms with Crippen LogP contribution in [0.15, 0.2) is 97.5 Å². The van der Waals surface area contributed by atoms with E-state index in [1.165, 1.54) is 17.5 Å². The first kappa shape index (κ1) is 39.1. The molecule has 312 valence electrons. The van der Waals surface area contributed by atoms with Crippen molar-refractivity contribution in [3.05, 3.63) is 114 Å². The number of pyridine rings is 2. The summed E-state index contributed by atoms with van der Waals surface area (Å²) in [5.41, 5.74) is 5.83. The number of piperazine rings is 1. The van der Waals surface area contributed by atoms with Gasteiger partial charge in [0.15, 0.2) is 0 Å². The van der Waals surface area contributed by atoms with Crippen LogP contribution in [0.4, 0.5) is 5.69 Å². The molecular weight excluding hydrogens is 787 g/mol. The van der Waals surface area contributed by atoms with E-state index in [4.69, 9.17) is 9.47 Å². The van der Waals surface area contributed by atoms with Crippen LogP contribution >= 0.6 is 0 Å². The molecule has 4 aliphatic rings. The number of piperidine rings is 1. The third-order valence-electron chi connectivity index (χ3n) is 12.4. The van der Waals surface area contributed by atoms with Gasteiger partial charge in [0.2, 0.25) is 17.7 Å². The molecule has 3 aromatic carbocycles. The second-order valence-electron chi connectivity index (χ2n) is 16.5. The topological polar surface area (TPSA) is 159 Å². The van der Waals surface area contributed by atoms with Crippen molar-refractivity contribution in [1.82, 2.24) is 29.7 Å². The zero-order valence-corrected chi connectivity index (χ0v) is 34.0. The van der Waals surface area contributed by atoms with Crippen molar-refractivity contribution in [3.8, 4) is 34.6 Å². The highest BCUT2D eigenvalue weighted by atomic mass is 16.5. The normalized spacial score (nSPS) is 21.4. The van der Waals surface area contributed by atoms with Gasteiger partial charge < -0.3 is 24.0 Å². The van der Waals surface area contributed by atoms with Gasteiger partial charge in [0.05, 0.1) is 22.2 Å². The molecule has 3 fully saturated rings. The molecular formula is C48H43N7O7. The van der Waals surface area contributed by atoms with E-state index in [2.05, 4.69) is 78.9 Å². The monoisotopic (exact) mass is 829 g/mol. The summed E-state index contributed by atoms with van der Waals surface area (Å²) in [6.45, 7) is 3.93. The van der Waals surface area contributed by atoms with Crippen LogP contribution < -0.4 is 19.7 Å². The maximum atomic E-state index is 13.1. The Morgan fingerprint density at radius 3 is 2.48 bits per heavy atom. The molecule has 0 bridgehead atoms. The van der Waals surface area contributed by atoms with Crippen molar-refractivity contribution in [2.45, 2.75) is 43.4 Å². The smallest absolute Gasteiger partial charge is 0.262 e. The van der Waals surface area contributed by atoms with E-state index in [0.717, 1.165) is 69.9 Å². The van der Waals surface area contributed by atoms with Gasteiger partial charge >= 0.3 is 0 Å². The van der Waals surface area contributed by atoms with E-state index >= 15 is 0 Å². The minimum atomic E-state index is -1.03. The van der Waals surface area contributed by atoms with Crippen molar-refractivity contribution in [2.75, 3.05) is 44.2 Å². The first-order valence-electron chi connectivity index (χ1n) is 20.8. The quantitative estimate of drug-likeness (QED) is 0.154. The summed E-state index contributed by atoms with van der Waals surface area (Å²) in [7, 11) is 2.07. The number of anilines is 1. The molecule has 0 spiro atoms. The number of nitrogens with zero attached hydrogens (tertiary/aromatic N) is 6. The minimum absolute atomic E-state index is 0.0564. The van der Waals surface area contributed by atoms with Gasteiger partial charge in [-0.2, -0.15) is 0 Å². The lowest BCUT2D eigenvalue weighted by Gasteiger charge is -2.47. The number of hydrogen-bond acceptors (Lipinski definition) is 11. The zero-order chi connectivity index (χ0) is 42.5. The zero-order valence-electron chi connectivity index (χ0n) is 34.0. The highest BCUT2D eigenvalue weighted by Gasteiger charge is 2.46. The molecule has 6 heterocycles. The largest absolute Gasteiger partial charge is 0.481 e. The fraction of sp³-hybridized carbons (Fsp3) is 0.292. The van der Waals surface area contributed by atoms with Crippen LogP contribution in [0.5, 0.6) is 11.6 Å². The maximum Gasteiger partial charge on any atom is 0.262 e. The molecule has 3 aromatic heterocycles. The van der Waals surface area contributed by atoms with Crippen molar-refractivity contribution in [3.63, 3.8) is 0 Å². The van der Waals surface area contributed by atoms with Crippen molar-refractivity contribution >= 4 is 51.1 Å². The lowest BCUT2D eigenvalue weighted by atomic mass is 9.77. The van der Waals surface area contributed by atoms with E-state index < -0.39 is 35.3 Å². The summed E-state index contributed by atoms with van der Waals surface area (Å²) in [5, 5.41) is 15.9. The number of ether oxygens (including phenoxy) is 2. The molecule has 1 saturated carbocycles. The van der Waals surface area contributed by atoms with Crippen LogP contribution in [-0.4, -0.2) is 110 Å². The number of β-amino-alcohol motifs (C(OH)–C–C–N with tert-alkyl or cyclic N) is 1. The number of aromatic nitrogens is 3. The molecule has 1 unspecified atom stereocenters. The second-order valence-corrected chi connectivity index (χ2v) is 16.5. The summed E-state index contributed by atoms with van der Waals surface area (Å²) in [4.78, 5) is 64.5. The molecule has 2 N–H and O–H groups in total. The fourth-order valence-corrected chi connectivity index (χ4v) is 9.18. The third kappa shape index (κ3) is 7.39. The van der Waals surface area contributed by atoms with Crippen LogP contribution in [-0.2, 0) is 16.6 Å². The molecule has 0 radical (unpaired) electrons. The highest BCUT2D eigenvalue weighted by Crippen LogP contribution is 2.37. The number of aryl methyl sites for hydroxylation is 1. The first-order chi connectivity index (χ1) is 30.1. The number of amides is 4. The lowest BCUT2D eigenvalue weighted by Crippen LogP contribution is -2.59. The number of nitrogens with one attached hydrogen (secondary N) is 1. The van der Waals surface area contributed by atoms with Crippen molar-refractivity contribution < 1.29 is 33.8 Å². The number of benzene rings is 3. The van der Waals surface area contributed by atoms with Crippen molar-refractivity contribution in [1.29, 1.82) is 0 Å².